The van der Waals surface area contributed by atoms with Crippen molar-refractivity contribution in [1.29, 1.82) is 0 Å². The molecule has 35 heavy (non-hydrogen) atoms. The third-order valence-corrected chi connectivity index (χ3v) is 7.23. The summed E-state index contributed by atoms with van der Waals surface area (Å²) in [5, 5.41) is 10.7. The maximum atomic E-state index is 4.57. The number of nitrogens with one attached hydrogen (secondary N) is 2. The topological polar surface area (TPSA) is 53.6 Å². The van der Waals surface area contributed by atoms with Gasteiger partial charge in [0.05, 0.1) is 5.69 Å². The summed E-state index contributed by atoms with van der Waals surface area (Å²) in [7, 11) is 0. The van der Waals surface area contributed by atoms with Crippen LogP contribution in [0.4, 0.5) is 11.6 Å². The van der Waals surface area contributed by atoms with E-state index in [0.717, 1.165) is 39.4 Å². The first-order valence-corrected chi connectivity index (χ1v) is 13.6. The van der Waals surface area contributed by atoms with E-state index in [4.69, 9.17) is 0 Å². The van der Waals surface area contributed by atoms with Crippen LogP contribution in [0.2, 0.25) is 0 Å². The third-order valence-electron chi connectivity index (χ3n) is 6.25. The van der Waals surface area contributed by atoms with Crippen LogP contribution in [0.15, 0.2) is 88.7 Å². The van der Waals surface area contributed by atoms with E-state index in [-0.39, 0.29) is 0 Å². The van der Waals surface area contributed by atoms with E-state index in [0.29, 0.717) is 0 Å². The standard InChI is InChI=1S/C21H18N4S.C9H18/c1-15-12-18(26-17-10-6-3-7-11-17)13-20(22-15)23-21-14-19(24-25-21)16-8-4-2-5-9-16;1-2-6-9-7-4-3-5-8-9/h2-14H,1H3,(H2,22,23,24,25);9H,2-8H2,1H3. The first-order valence-electron chi connectivity index (χ1n) is 12.8. The van der Waals surface area contributed by atoms with Crippen LogP contribution in [-0.2, 0) is 0 Å². The summed E-state index contributed by atoms with van der Waals surface area (Å²) < 4.78 is 0. The lowest BCUT2D eigenvalue weighted by molar-refractivity contribution is 0.336. The zero-order valence-electron chi connectivity index (χ0n) is 20.8. The highest BCUT2D eigenvalue weighted by Gasteiger charge is 2.11. The van der Waals surface area contributed by atoms with Crippen molar-refractivity contribution in [1.82, 2.24) is 15.2 Å². The van der Waals surface area contributed by atoms with Gasteiger partial charge in [0.1, 0.15) is 5.82 Å². The van der Waals surface area contributed by atoms with Crippen LogP contribution in [0.5, 0.6) is 0 Å². The lowest BCUT2D eigenvalue weighted by atomic mass is 9.86. The molecule has 2 heterocycles. The first kappa shape index (κ1) is 25.1. The van der Waals surface area contributed by atoms with Gasteiger partial charge in [0.15, 0.2) is 5.82 Å². The van der Waals surface area contributed by atoms with Gasteiger partial charge in [-0.1, -0.05) is 112 Å². The Labute approximate surface area is 214 Å². The number of anilines is 2. The Hall–Kier alpha value is -3.05. The van der Waals surface area contributed by atoms with Crippen molar-refractivity contribution in [3.63, 3.8) is 0 Å². The van der Waals surface area contributed by atoms with Crippen molar-refractivity contribution in [2.45, 2.75) is 68.6 Å². The van der Waals surface area contributed by atoms with Crippen LogP contribution in [0.25, 0.3) is 11.3 Å². The van der Waals surface area contributed by atoms with Gasteiger partial charge in [0.25, 0.3) is 0 Å². The Morgan fingerprint density at radius 3 is 2.29 bits per heavy atom. The van der Waals surface area contributed by atoms with Gasteiger partial charge in [0.2, 0.25) is 0 Å². The molecule has 0 atom stereocenters. The van der Waals surface area contributed by atoms with Gasteiger partial charge in [-0.3, -0.25) is 5.10 Å². The van der Waals surface area contributed by atoms with E-state index in [1.54, 1.807) is 11.8 Å². The number of hydrogen-bond acceptors (Lipinski definition) is 4. The van der Waals surface area contributed by atoms with Crippen LogP contribution < -0.4 is 5.32 Å². The highest BCUT2D eigenvalue weighted by atomic mass is 32.2. The van der Waals surface area contributed by atoms with E-state index in [1.807, 2.05) is 55.5 Å². The van der Waals surface area contributed by atoms with Crippen molar-refractivity contribution in [3.05, 3.63) is 84.6 Å². The van der Waals surface area contributed by atoms with E-state index < -0.39 is 0 Å². The fourth-order valence-electron chi connectivity index (χ4n) is 4.55. The summed E-state index contributed by atoms with van der Waals surface area (Å²) in [6.07, 6.45) is 10.4. The summed E-state index contributed by atoms with van der Waals surface area (Å²) in [6.45, 7) is 4.30. The number of nitrogens with zero attached hydrogens (tertiary/aromatic N) is 2. The summed E-state index contributed by atoms with van der Waals surface area (Å²) in [4.78, 5) is 6.92. The van der Waals surface area contributed by atoms with E-state index >= 15 is 0 Å². The van der Waals surface area contributed by atoms with E-state index in [9.17, 15) is 0 Å². The van der Waals surface area contributed by atoms with Gasteiger partial charge in [-0.15, -0.1) is 0 Å². The molecule has 1 saturated carbocycles. The van der Waals surface area contributed by atoms with Crippen LogP contribution in [0.1, 0.15) is 57.6 Å². The first-order chi connectivity index (χ1) is 17.2. The zero-order chi connectivity index (χ0) is 24.3. The second kappa shape index (κ2) is 13.1. The molecule has 1 aliphatic carbocycles. The minimum Gasteiger partial charge on any atom is -0.323 e. The van der Waals surface area contributed by atoms with Crippen LogP contribution in [0, 0.1) is 12.8 Å². The smallest absolute Gasteiger partial charge is 0.153 e. The van der Waals surface area contributed by atoms with Crippen molar-refractivity contribution in [3.8, 4) is 11.3 Å². The normalized spacial score (nSPS) is 13.7. The SMILES string of the molecule is CCCC1CCCCC1.Cc1cc(Sc2ccccc2)cc(Nc2cc(-c3ccccc3)[nH]n2)n1. The molecule has 0 amide bonds. The molecule has 0 saturated heterocycles. The Morgan fingerprint density at radius 2 is 1.57 bits per heavy atom. The van der Waals surface area contributed by atoms with Gasteiger partial charge >= 0.3 is 0 Å². The molecule has 2 N–H and O–H groups in total. The second-order valence-corrected chi connectivity index (χ2v) is 10.3. The average Bonchev–Trinajstić information content (AvgIpc) is 3.35. The number of H-pyrrole nitrogens is 1. The summed E-state index contributed by atoms with van der Waals surface area (Å²) in [5.74, 6) is 2.64. The number of benzene rings is 2. The molecule has 0 bridgehead atoms. The zero-order valence-corrected chi connectivity index (χ0v) is 21.7. The molecule has 2 aromatic heterocycles. The van der Waals surface area contributed by atoms with Gasteiger partial charge in [-0.05, 0) is 42.7 Å². The van der Waals surface area contributed by atoms with Crippen molar-refractivity contribution in [2.75, 3.05) is 5.32 Å². The van der Waals surface area contributed by atoms with Gasteiger partial charge in [-0.2, -0.15) is 5.10 Å². The minimum atomic E-state index is 0.748. The number of aryl methyl sites for hydroxylation is 1. The number of aromatic nitrogens is 3. The predicted molar refractivity (Wildman–Crippen MR) is 148 cm³/mol. The molecular formula is C30H36N4S. The molecule has 2 aromatic carbocycles. The highest BCUT2D eigenvalue weighted by Crippen LogP contribution is 2.30. The molecule has 1 aliphatic rings. The average molecular weight is 485 g/mol. The molecule has 0 radical (unpaired) electrons. The van der Waals surface area contributed by atoms with Crippen molar-refractivity contribution in [2.24, 2.45) is 5.92 Å². The summed E-state index contributed by atoms with van der Waals surface area (Å²) in [6, 6.07) is 26.6. The van der Waals surface area contributed by atoms with E-state index in [2.05, 4.69) is 57.8 Å². The third kappa shape index (κ3) is 8.00. The molecule has 0 spiro atoms. The Bertz CT molecular complexity index is 1150. The molecule has 4 aromatic rings. The fraction of sp³-hybridized carbons (Fsp3) is 0.333. The maximum absolute atomic E-state index is 4.57. The molecule has 0 unspecified atom stereocenters. The van der Waals surface area contributed by atoms with Crippen LogP contribution in [-0.4, -0.2) is 15.2 Å². The summed E-state index contributed by atoms with van der Waals surface area (Å²) >= 11 is 1.72. The Balaban J connectivity index is 0.000000271. The molecule has 182 valence electrons. The highest BCUT2D eigenvalue weighted by molar-refractivity contribution is 7.99. The number of aromatic amines is 1. The van der Waals surface area contributed by atoms with Crippen molar-refractivity contribution < 1.29 is 0 Å². The minimum absolute atomic E-state index is 0.748. The monoisotopic (exact) mass is 484 g/mol. The summed E-state index contributed by atoms with van der Waals surface area (Å²) in [5.41, 5.74) is 3.04. The second-order valence-electron chi connectivity index (χ2n) is 9.20. The molecular weight excluding hydrogens is 448 g/mol. The quantitative estimate of drug-likeness (QED) is 0.275. The maximum Gasteiger partial charge on any atom is 0.153 e. The van der Waals surface area contributed by atoms with Crippen LogP contribution >= 0.6 is 11.8 Å². The molecule has 5 heteroatoms. The number of hydrogen-bond donors (Lipinski definition) is 2. The molecule has 1 fully saturated rings. The van der Waals surface area contributed by atoms with Gasteiger partial charge < -0.3 is 5.32 Å². The lowest BCUT2D eigenvalue weighted by Gasteiger charge is -2.20. The predicted octanol–water partition coefficient (Wildman–Crippen LogP) is 9.04. The molecule has 0 aliphatic heterocycles. The Kier molecular flexibility index (Phi) is 9.41. The lowest BCUT2D eigenvalue weighted by Crippen LogP contribution is -2.04. The van der Waals surface area contributed by atoms with Gasteiger partial charge in [0, 0.05) is 21.6 Å². The van der Waals surface area contributed by atoms with Gasteiger partial charge in [-0.25, -0.2) is 4.98 Å². The Morgan fingerprint density at radius 1 is 0.857 bits per heavy atom. The molecule has 5 rings (SSSR count). The van der Waals surface area contributed by atoms with Crippen molar-refractivity contribution >= 4 is 23.4 Å². The number of pyridine rings is 1. The fourth-order valence-corrected chi connectivity index (χ4v) is 5.52. The van der Waals surface area contributed by atoms with E-state index in [1.165, 1.54) is 49.8 Å². The number of rotatable bonds is 7. The molecule has 4 nitrogen and oxygen atoms in total. The van der Waals surface area contributed by atoms with Crippen LogP contribution in [0.3, 0.4) is 0 Å². The largest absolute Gasteiger partial charge is 0.323 e.